The molecule has 0 aliphatic heterocycles. The Kier molecular flexibility index (Phi) is 2.37. The van der Waals surface area contributed by atoms with Crippen molar-refractivity contribution in [3.8, 4) is 0 Å². The molecule has 1 fully saturated rings. The van der Waals surface area contributed by atoms with Crippen molar-refractivity contribution in [1.82, 2.24) is 0 Å². The minimum atomic E-state index is -0.222. The van der Waals surface area contributed by atoms with E-state index in [2.05, 4.69) is 28.7 Å². The lowest BCUT2D eigenvalue weighted by Crippen LogP contribution is -1.99. The van der Waals surface area contributed by atoms with E-state index in [1.54, 1.807) is 0 Å². The Labute approximate surface area is 85.9 Å². The summed E-state index contributed by atoms with van der Waals surface area (Å²) in [5.74, 6) is 0.531. The van der Waals surface area contributed by atoms with Gasteiger partial charge in [0.15, 0.2) is 0 Å². The molecule has 0 amide bonds. The lowest BCUT2D eigenvalue weighted by atomic mass is 10.1. The first-order chi connectivity index (χ1) is 5.77. The molecule has 1 nitrogen and oxygen atoms in total. The van der Waals surface area contributed by atoms with Crippen molar-refractivity contribution < 1.29 is 5.11 Å². The van der Waals surface area contributed by atoms with E-state index in [1.165, 1.54) is 16.4 Å². The fourth-order valence-corrected chi connectivity index (χ4v) is 1.94. The van der Waals surface area contributed by atoms with Crippen molar-refractivity contribution in [2.45, 2.75) is 18.9 Å². The molecule has 2 heteroatoms. The quantitative estimate of drug-likeness (QED) is 0.822. The average Bonchev–Trinajstić information content (AvgIpc) is 2.85. The molecule has 1 N–H and O–H groups in total. The molecule has 0 radical (unpaired) electrons. The molecule has 1 atom stereocenters. The van der Waals surface area contributed by atoms with Gasteiger partial charge < -0.3 is 5.11 Å². The predicted octanol–water partition coefficient (Wildman–Crippen LogP) is 2.73. The molecular formula is C10H11IO. The average molecular weight is 274 g/mol. The van der Waals surface area contributed by atoms with Crippen molar-refractivity contribution in [2.24, 2.45) is 5.92 Å². The monoisotopic (exact) mass is 274 g/mol. The number of aliphatic hydroxyl groups is 1. The van der Waals surface area contributed by atoms with E-state index in [1.807, 2.05) is 18.2 Å². The van der Waals surface area contributed by atoms with Gasteiger partial charge in [-0.3, -0.25) is 0 Å². The third kappa shape index (κ3) is 1.80. The van der Waals surface area contributed by atoms with Crippen LogP contribution in [0.2, 0.25) is 0 Å². The number of benzene rings is 1. The van der Waals surface area contributed by atoms with E-state index in [0.29, 0.717) is 5.92 Å². The topological polar surface area (TPSA) is 20.2 Å². The van der Waals surface area contributed by atoms with Crippen LogP contribution >= 0.6 is 22.6 Å². The summed E-state index contributed by atoms with van der Waals surface area (Å²) in [5, 5.41) is 9.78. The van der Waals surface area contributed by atoms with Crippen molar-refractivity contribution in [3.63, 3.8) is 0 Å². The van der Waals surface area contributed by atoms with Crippen LogP contribution in [-0.4, -0.2) is 5.11 Å². The van der Waals surface area contributed by atoms with Crippen LogP contribution in [-0.2, 0) is 0 Å². The lowest BCUT2D eigenvalue weighted by molar-refractivity contribution is 0.154. The van der Waals surface area contributed by atoms with Gasteiger partial charge >= 0.3 is 0 Å². The van der Waals surface area contributed by atoms with Crippen LogP contribution in [0, 0.1) is 9.49 Å². The Balaban J connectivity index is 2.20. The van der Waals surface area contributed by atoms with Crippen molar-refractivity contribution in [3.05, 3.63) is 33.4 Å². The van der Waals surface area contributed by atoms with Gasteiger partial charge in [0.25, 0.3) is 0 Å². The number of rotatable bonds is 2. The van der Waals surface area contributed by atoms with Gasteiger partial charge in [-0.05, 0) is 59.0 Å². The molecule has 64 valence electrons. The molecule has 0 spiro atoms. The number of hydrogen-bond donors (Lipinski definition) is 1. The standard InChI is InChI=1S/C10H11IO/c11-9-3-1-2-8(6-9)10(12)7-4-5-7/h1-3,6-7,10,12H,4-5H2. The summed E-state index contributed by atoms with van der Waals surface area (Å²) in [6, 6.07) is 8.11. The molecule has 1 aromatic rings. The highest BCUT2D eigenvalue weighted by molar-refractivity contribution is 14.1. The third-order valence-corrected chi connectivity index (χ3v) is 2.93. The lowest BCUT2D eigenvalue weighted by Gasteiger charge is -2.08. The molecule has 1 aromatic carbocycles. The third-order valence-electron chi connectivity index (χ3n) is 2.26. The Hall–Kier alpha value is -0.0900. The van der Waals surface area contributed by atoms with Crippen LogP contribution in [0.1, 0.15) is 24.5 Å². The molecule has 1 aliphatic rings. The fourth-order valence-electron chi connectivity index (χ4n) is 1.37. The van der Waals surface area contributed by atoms with Gasteiger partial charge in [-0.1, -0.05) is 12.1 Å². The first-order valence-electron chi connectivity index (χ1n) is 4.21. The normalized spacial score (nSPS) is 19.2. The molecule has 0 aromatic heterocycles. The van der Waals surface area contributed by atoms with Crippen molar-refractivity contribution in [2.75, 3.05) is 0 Å². The molecule has 1 unspecified atom stereocenters. The molecule has 0 bridgehead atoms. The summed E-state index contributed by atoms with van der Waals surface area (Å²) >= 11 is 2.27. The molecular weight excluding hydrogens is 263 g/mol. The molecule has 1 aliphatic carbocycles. The fraction of sp³-hybridized carbons (Fsp3) is 0.400. The van der Waals surface area contributed by atoms with Crippen LogP contribution in [0.5, 0.6) is 0 Å². The van der Waals surface area contributed by atoms with Gasteiger partial charge in [0, 0.05) is 3.57 Å². The van der Waals surface area contributed by atoms with Gasteiger partial charge in [0.1, 0.15) is 0 Å². The van der Waals surface area contributed by atoms with Crippen LogP contribution in [0.25, 0.3) is 0 Å². The molecule has 1 saturated carbocycles. The highest BCUT2D eigenvalue weighted by Crippen LogP contribution is 2.40. The van der Waals surface area contributed by atoms with Crippen LogP contribution < -0.4 is 0 Å². The van der Waals surface area contributed by atoms with Crippen LogP contribution in [0.4, 0.5) is 0 Å². The smallest absolute Gasteiger partial charge is 0.0818 e. The first-order valence-corrected chi connectivity index (χ1v) is 5.29. The van der Waals surface area contributed by atoms with Gasteiger partial charge in [-0.25, -0.2) is 0 Å². The summed E-state index contributed by atoms with van der Waals surface area (Å²) < 4.78 is 1.20. The zero-order valence-corrected chi connectivity index (χ0v) is 8.86. The molecule has 2 rings (SSSR count). The maximum Gasteiger partial charge on any atom is 0.0818 e. The molecule has 0 heterocycles. The second kappa shape index (κ2) is 3.34. The van der Waals surface area contributed by atoms with E-state index in [4.69, 9.17) is 0 Å². The largest absolute Gasteiger partial charge is 0.388 e. The SMILES string of the molecule is OC(c1cccc(I)c1)C1CC1. The van der Waals surface area contributed by atoms with E-state index in [9.17, 15) is 5.11 Å². The van der Waals surface area contributed by atoms with Crippen molar-refractivity contribution in [1.29, 1.82) is 0 Å². The van der Waals surface area contributed by atoms with Gasteiger partial charge in [0.05, 0.1) is 6.10 Å². The summed E-state index contributed by atoms with van der Waals surface area (Å²) in [7, 11) is 0. The first kappa shape index (κ1) is 8.51. The highest BCUT2D eigenvalue weighted by Gasteiger charge is 2.30. The summed E-state index contributed by atoms with van der Waals surface area (Å²) in [4.78, 5) is 0. The summed E-state index contributed by atoms with van der Waals surface area (Å²) in [6.45, 7) is 0. The Morgan fingerprint density at radius 1 is 1.42 bits per heavy atom. The number of hydrogen-bond acceptors (Lipinski definition) is 1. The predicted molar refractivity (Wildman–Crippen MR) is 56.8 cm³/mol. The van der Waals surface area contributed by atoms with Crippen LogP contribution in [0.15, 0.2) is 24.3 Å². The minimum absolute atomic E-state index is 0.222. The zero-order chi connectivity index (χ0) is 8.55. The highest BCUT2D eigenvalue weighted by atomic mass is 127. The molecule has 0 saturated heterocycles. The maximum atomic E-state index is 9.78. The second-order valence-corrected chi connectivity index (χ2v) is 4.58. The Morgan fingerprint density at radius 2 is 2.17 bits per heavy atom. The molecule has 12 heavy (non-hydrogen) atoms. The number of aliphatic hydroxyl groups excluding tert-OH is 1. The maximum absolute atomic E-state index is 9.78. The van der Waals surface area contributed by atoms with E-state index < -0.39 is 0 Å². The summed E-state index contributed by atoms with van der Waals surface area (Å²) in [6.07, 6.45) is 2.15. The zero-order valence-electron chi connectivity index (χ0n) is 6.70. The van der Waals surface area contributed by atoms with Crippen molar-refractivity contribution >= 4 is 22.6 Å². The Bertz CT molecular complexity index is 281. The Morgan fingerprint density at radius 3 is 2.75 bits per heavy atom. The number of halogens is 1. The van der Waals surface area contributed by atoms with Gasteiger partial charge in [0.2, 0.25) is 0 Å². The van der Waals surface area contributed by atoms with E-state index >= 15 is 0 Å². The van der Waals surface area contributed by atoms with Gasteiger partial charge in [-0.2, -0.15) is 0 Å². The minimum Gasteiger partial charge on any atom is -0.388 e. The second-order valence-electron chi connectivity index (χ2n) is 3.34. The van der Waals surface area contributed by atoms with E-state index in [0.717, 1.165) is 5.56 Å². The van der Waals surface area contributed by atoms with Gasteiger partial charge in [-0.15, -0.1) is 0 Å². The summed E-state index contributed by atoms with van der Waals surface area (Å²) in [5.41, 5.74) is 1.07. The van der Waals surface area contributed by atoms with E-state index in [-0.39, 0.29) is 6.10 Å². The van der Waals surface area contributed by atoms with Crippen LogP contribution in [0.3, 0.4) is 0 Å².